The van der Waals surface area contributed by atoms with Crippen LogP contribution in [-0.4, -0.2) is 26.7 Å². The molecule has 0 spiro atoms. The van der Waals surface area contributed by atoms with Gasteiger partial charge in [0.05, 0.1) is 0 Å². The van der Waals surface area contributed by atoms with Gasteiger partial charge in [0.2, 0.25) is 0 Å². The number of hydrogen-bond donors (Lipinski definition) is 0. The summed E-state index contributed by atoms with van der Waals surface area (Å²) < 4.78 is 0.984. The van der Waals surface area contributed by atoms with E-state index in [-0.39, 0.29) is 0 Å². The second-order valence-corrected chi connectivity index (χ2v) is 2.56. The minimum absolute atomic E-state index is 0.567. The van der Waals surface area contributed by atoms with Crippen molar-refractivity contribution in [3.8, 4) is 0 Å². The van der Waals surface area contributed by atoms with E-state index >= 15 is 0 Å². The van der Waals surface area contributed by atoms with Crippen LogP contribution in [0.3, 0.4) is 0 Å². The van der Waals surface area contributed by atoms with Crippen LogP contribution in [0.5, 0.6) is 0 Å². The Kier molecular flexibility index (Phi) is 2.11. The minimum atomic E-state index is 0.567. The molecule has 1 rings (SSSR count). The zero-order valence-electron chi connectivity index (χ0n) is 4.26. The van der Waals surface area contributed by atoms with Crippen LogP contribution in [-0.2, 0) is 0 Å². The Labute approximate surface area is 65.5 Å². The molecule has 0 unspecified atom stereocenters. The zero-order valence-corrected chi connectivity index (χ0v) is 6.43. The van der Waals surface area contributed by atoms with Gasteiger partial charge in [-0.05, 0) is 0 Å². The van der Waals surface area contributed by atoms with Gasteiger partial charge in [-0.25, -0.2) is 0 Å². The van der Waals surface area contributed by atoms with Crippen LogP contribution in [0.15, 0.2) is 18.2 Å². The van der Waals surface area contributed by atoms with Crippen LogP contribution < -0.4 is 3.82 Å². The molecule has 36 valence electrons. The topological polar surface area (TPSA) is 12.9 Å². The van der Waals surface area contributed by atoms with Gasteiger partial charge in [0.1, 0.15) is 0 Å². The molecule has 3 heteroatoms. The van der Waals surface area contributed by atoms with Crippen molar-refractivity contribution in [1.82, 2.24) is 4.98 Å². The molecule has 1 heterocycles. The van der Waals surface area contributed by atoms with Gasteiger partial charge in [0, 0.05) is 0 Å². The summed E-state index contributed by atoms with van der Waals surface area (Å²) >= 11 is 7.26. The molecule has 0 atom stereocenters. The number of hydrogen-bond acceptors (Lipinski definition) is 1. The van der Waals surface area contributed by atoms with Crippen molar-refractivity contribution in [3.63, 3.8) is 0 Å². The first-order chi connectivity index (χ1) is 3.79. The molecule has 0 aliphatic carbocycles. The SMILES string of the molecule is [Mg+][c]1cccc(Cl)n1. The summed E-state index contributed by atoms with van der Waals surface area (Å²) in [5, 5.41) is 0.567. The van der Waals surface area contributed by atoms with E-state index in [2.05, 4.69) is 4.98 Å². The van der Waals surface area contributed by atoms with Crippen LogP contribution in [0, 0.1) is 0 Å². The molecule has 0 N–H and O–H groups in total. The molecule has 0 aliphatic heterocycles. The van der Waals surface area contributed by atoms with E-state index in [1.54, 1.807) is 27.8 Å². The molecule has 8 heavy (non-hydrogen) atoms. The van der Waals surface area contributed by atoms with E-state index in [1.807, 2.05) is 12.1 Å². The Bertz CT molecular complexity index is 172. The molecule has 1 nitrogen and oxygen atoms in total. The molecule has 0 amide bonds. The van der Waals surface area contributed by atoms with Gasteiger partial charge in [0.25, 0.3) is 0 Å². The monoisotopic (exact) mass is 136 g/mol. The van der Waals surface area contributed by atoms with Gasteiger partial charge >= 0.3 is 65.5 Å². The Morgan fingerprint density at radius 3 is 2.62 bits per heavy atom. The Balaban J connectivity index is 3.08. The van der Waals surface area contributed by atoms with Crippen LogP contribution in [0.2, 0.25) is 5.15 Å². The third kappa shape index (κ3) is 1.61. The first-order valence-corrected chi connectivity index (χ1v) is 3.32. The molecule has 0 saturated heterocycles. The van der Waals surface area contributed by atoms with Crippen molar-refractivity contribution in [1.29, 1.82) is 0 Å². The molecule has 0 radical (unpaired) electrons. The van der Waals surface area contributed by atoms with Crippen LogP contribution in [0.4, 0.5) is 0 Å². The van der Waals surface area contributed by atoms with Crippen molar-refractivity contribution in [2.24, 2.45) is 0 Å². The van der Waals surface area contributed by atoms with E-state index in [4.69, 9.17) is 11.6 Å². The van der Waals surface area contributed by atoms with Crippen molar-refractivity contribution < 1.29 is 0 Å². The predicted octanol–water partition coefficient (Wildman–Crippen LogP) is 0.529. The predicted molar refractivity (Wildman–Crippen MR) is 34.6 cm³/mol. The molecule has 0 fully saturated rings. The average molecular weight is 137 g/mol. The van der Waals surface area contributed by atoms with Crippen molar-refractivity contribution in [2.75, 3.05) is 0 Å². The normalized spacial score (nSPS) is 9.38. The molecular weight excluding hydrogens is 134 g/mol. The quantitative estimate of drug-likeness (QED) is 0.375. The third-order valence-corrected chi connectivity index (χ3v) is 1.38. The van der Waals surface area contributed by atoms with Gasteiger partial charge in [-0.2, -0.15) is 0 Å². The average Bonchev–Trinajstić information content (AvgIpc) is 1.64. The van der Waals surface area contributed by atoms with Crippen LogP contribution in [0.25, 0.3) is 0 Å². The van der Waals surface area contributed by atoms with Gasteiger partial charge in [-0.1, -0.05) is 0 Å². The molecule has 0 aliphatic rings. The summed E-state index contributed by atoms with van der Waals surface area (Å²) in [5.41, 5.74) is 0. The first kappa shape index (κ1) is 6.33. The fraction of sp³-hybridized carbons (Fsp3) is 0. The van der Waals surface area contributed by atoms with Crippen molar-refractivity contribution in [3.05, 3.63) is 23.4 Å². The molecule has 0 bridgehead atoms. The van der Waals surface area contributed by atoms with E-state index in [0.29, 0.717) is 5.15 Å². The van der Waals surface area contributed by atoms with E-state index in [0.717, 1.165) is 3.82 Å². The summed E-state index contributed by atoms with van der Waals surface area (Å²) in [7, 11) is 0. The van der Waals surface area contributed by atoms with Crippen LogP contribution >= 0.6 is 11.6 Å². The molecule has 0 saturated carbocycles. The summed E-state index contributed by atoms with van der Waals surface area (Å²) in [6.07, 6.45) is 0. The zero-order chi connectivity index (χ0) is 5.98. The van der Waals surface area contributed by atoms with Crippen LogP contribution in [0.1, 0.15) is 0 Å². The molecule has 0 aromatic carbocycles. The second-order valence-electron chi connectivity index (χ2n) is 1.45. The Morgan fingerprint density at radius 1 is 1.50 bits per heavy atom. The Morgan fingerprint density at radius 2 is 2.25 bits per heavy atom. The number of halogens is 1. The number of pyridine rings is 1. The maximum atomic E-state index is 5.54. The number of nitrogens with zero attached hydrogens (tertiary/aromatic N) is 1. The molecule has 1 aromatic heterocycles. The van der Waals surface area contributed by atoms with Gasteiger partial charge in [-0.3, -0.25) is 0 Å². The van der Waals surface area contributed by atoms with E-state index < -0.39 is 0 Å². The standard InChI is InChI=1S/C5H3ClN.Mg/c6-5-3-1-2-4-7-5;/h1-3H;/q;+1. The summed E-state index contributed by atoms with van der Waals surface area (Å²) in [6.45, 7) is 0. The van der Waals surface area contributed by atoms with Gasteiger partial charge in [0.15, 0.2) is 0 Å². The molecule has 1 aromatic rings. The number of aromatic nitrogens is 1. The first-order valence-electron chi connectivity index (χ1n) is 2.23. The summed E-state index contributed by atoms with van der Waals surface area (Å²) in [5.74, 6) is 0. The fourth-order valence-electron chi connectivity index (χ4n) is 0.450. The number of rotatable bonds is 0. The maximum absolute atomic E-state index is 5.54. The summed E-state index contributed by atoms with van der Waals surface area (Å²) in [6, 6.07) is 5.57. The van der Waals surface area contributed by atoms with Gasteiger partial charge in [-0.15, -0.1) is 0 Å². The Hall–Kier alpha value is 0.206. The van der Waals surface area contributed by atoms with Crippen molar-refractivity contribution in [2.45, 2.75) is 0 Å². The molecular formula is C5H3ClMgN+. The van der Waals surface area contributed by atoms with E-state index in [1.165, 1.54) is 0 Å². The second kappa shape index (κ2) is 2.66. The third-order valence-electron chi connectivity index (χ3n) is 0.773. The van der Waals surface area contributed by atoms with E-state index in [9.17, 15) is 0 Å². The fourth-order valence-corrected chi connectivity index (χ4v) is 1.04. The van der Waals surface area contributed by atoms with Crippen molar-refractivity contribution >= 4 is 37.1 Å². The van der Waals surface area contributed by atoms with Gasteiger partial charge < -0.3 is 0 Å². The summed E-state index contributed by atoms with van der Waals surface area (Å²) in [4.78, 5) is 3.95.